The highest BCUT2D eigenvalue weighted by Gasteiger charge is 2.17. The van der Waals surface area contributed by atoms with Gasteiger partial charge in [-0.15, -0.1) is 0 Å². The molecule has 0 unspecified atom stereocenters. The van der Waals surface area contributed by atoms with Crippen molar-refractivity contribution in [1.82, 2.24) is 5.32 Å². The zero-order valence-electron chi connectivity index (χ0n) is 10.8. The van der Waals surface area contributed by atoms with E-state index in [1.54, 1.807) is 6.92 Å². The molecule has 1 aromatic carbocycles. The second-order valence-electron chi connectivity index (χ2n) is 5.20. The van der Waals surface area contributed by atoms with Crippen molar-refractivity contribution in [2.45, 2.75) is 39.2 Å². The van der Waals surface area contributed by atoms with E-state index in [1.807, 2.05) is 12.1 Å². The van der Waals surface area contributed by atoms with Gasteiger partial charge in [0.1, 0.15) is 11.6 Å². The van der Waals surface area contributed by atoms with Gasteiger partial charge in [0, 0.05) is 19.4 Å². The molecule has 0 aromatic heterocycles. The molecule has 1 aliphatic carbocycles. The minimum atomic E-state index is -0.149. The quantitative estimate of drug-likeness (QED) is 0.888. The van der Waals surface area contributed by atoms with Gasteiger partial charge in [-0.2, -0.15) is 0 Å². The zero-order chi connectivity index (χ0) is 13.0. The van der Waals surface area contributed by atoms with Crippen molar-refractivity contribution in [2.24, 2.45) is 5.92 Å². The molecule has 1 aromatic rings. The summed E-state index contributed by atoms with van der Waals surface area (Å²) in [6.07, 6.45) is 3.49. The number of carbonyl (C=O) groups excluding carboxylic acids is 1. The molecular weight excluding hydrogens is 229 g/mol. The largest absolute Gasteiger partial charge is 0.312 e. The second-order valence-corrected chi connectivity index (χ2v) is 5.20. The van der Waals surface area contributed by atoms with E-state index in [1.165, 1.54) is 6.07 Å². The smallest absolute Gasteiger partial charge is 0.132 e. The molecule has 0 radical (unpaired) electrons. The Balaban J connectivity index is 1.74. The van der Waals surface area contributed by atoms with Crippen molar-refractivity contribution in [1.29, 1.82) is 0 Å². The van der Waals surface area contributed by atoms with Gasteiger partial charge in [-0.05, 0) is 49.4 Å². The van der Waals surface area contributed by atoms with E-state index < -0.39 is 0 Å². The van der Waals surface area contributed by atoms with Gasteiger partial charge in [-0.25, -0.2) is 4.39 Å². The highest BCUT2D eigenvalue weighted by molar-refractivity contribution is 5.79. The first-order chi connectivity index (χ1) is 8.65. The number of halogens is 1. The molecule has 0 amide bonds. The van der Waals surface area contributed by atoms with Crippen LogP contribution in [0, 0.1) is 18.7 Å². The van der Waals surface area contributed by atoms with Gasteiger partial charge in [0.15, 0.2) is 0 Å². The molecule has 2 nitrogen and oxygen atoms in total. The lowest BCUT2D eigenvalue weighted by atomic mass is 9.88. The van der Waals surface area contributed by atoms with Crippen molar-refractivity contribution in [3.63, 3.8) is 0 Å². The van der Waals surface area contributed by atoms with Crippen molar-refractivity contribution < 1.29 is 9.18 Å². The summed E-state index contributed by atoms with van der Waals surface area (Å²) in [4.78, 5) is 11.1. The number of Topliss-reactive ketones (excluding diaryl/α,β-unsaturated/α-hetero) is 1. The average Bonchev–Trinajstić information content (AvgIpc) is 2.36. The van der Waals surface area contributed by atoms with Crippen molar-refractivity contribution in [2.75, 3.05) is 6.54 Å². The maximum absolute atomic E-state index is 13.1. The molecule has 0 saturated heterocycles. The van der Waals surface area contributed by atoms with Gasteiger partial charge in [-0.1, -0.05) is 12.1 Å². The van der Waals surface area contributed by atoms with Crippen LogP contribution in [0.25, 0.3) is 0 Å². The fourth-order valence-corrected chi connectivity index (χ4v) is 2.44. The molecular formula is C15H20FNO. The summed E-state index contributed by atoms with van der Waals surface area (Å²) < 4.78 is 13.1. The van der Waals surface area contributed by atoms with Crippen molar-refractivity contribution in [3.8, 4) is 0 Å². The molecule has 1 fully saturated rings. The molecule has 98 valence electrons. The summed E-state index contributed by atoms with van der Waals surface area (Å²) >= 11 is 0. The molecule has 18 heavy (non-hydrogen) atoms. The Morgan fingerprint density at radius 2 is 2.06 bits per heavy atom. The normalized spacial score (nSPS) is 17.1. The van der Waals surface area contributed by atoms with Crippen LogP contribution in [0.1, 0.15) is 36.8 Å². The van der Waals surface area contributed by atoms with Crippen LogP contribution >= 0.6 is 0 Å². The van der Waals surface area contributed by atoms with Crippen molar-refractivity contribution >= 4 is 5.78 Å². The molecule has 1 N–H and O–H groups in total. The second kappa shape index (κ2) is 6.10. The predicted molar refractivity (Wildman–Crippen MR) is 69.8 cm³/mol. The van der Waals surface area contributed by atoms with Crippen LogP contribution in [0.5, 0.6) is 0 Å². The minimum absolute atomic E-state index is 0.149. The molecule has 0 bridgehead atoms. The summed E-state index contributed by atoms with van der Waals surface area (Å²) in [5.74, 6) is 0.870. The molecule has 0 aliphatic heterocycles. The fourth-order valence-electron chi connectivity index (χ4n) is 2.44. The van der Waals surface area contributed by atoms with Crippen LogP contribution in [0.4, 0.5) is 4.39 Å². The maximum Gasteiger partial charge on any atom is 0.132 e. The first-order valence-corrected chi connectivity index (χ1v) is 6.62. The van der Waals surface area contributed by atoms with Gasteiger partial charge >= 0.3 is 0 Å². The van der Waals surface area contributed by atoms with Gasteiger partial charge in [0.25, 0.3) is 0 Å². The van der Waals surface area contributed by atoms with Crippen LogP contribution in [0.15, 0.2) is 18.2 Å². The third kappa shape index (κ3) is 3.64. The average molecular weight is 249 g/mol. The van der Waals surface area contributed by atoms with Gasteiger partial charge < -0.3 is 5.32 Å². The zero-order valence-corrected chi connectivity index (χ0v) is 10.8. The molecule has 3 heteroatoms. The number of aryl methyl sites for hydroxylation is 1. The number of nitrogens with one attached hydrogen (secondary N) is 1. The fraction of sp³-hybridized carbons (Fsp3) is 0.533. The molecule has 2 rings (SSSR count). The number of carbonyl (C=O) groups is 1. The number of rotatable bonds is 4. The van der Waals surface area contributed by atoms with Crippen LogP contribution < -0.4 is 5.32 Å². The topological polar surface area (TPSA) is 29.1 Å². The Labute approximate surface area is 108 Å². The maximum atomic E-state index is 13.1. The summed E-state index contributed by atoms with van der Waals surface area (Å²) in [5, 5.41) is 3.40. The highest BCUT2D eigenvalue weighted by atomic mass is 19.1. The Morgan fingerprint density at radius 3 is 2.72 bits per heavy atom. The lowest BCUT2D eigenvalue weighted by Gasteiger charge is -2.21. The molecule has 1 aliphatic rings. The number of benzene rings is 1. The molecule has 1 saturated carbocycles. The molecule has 0 atom stereocenters. The number of hydrogen-bond acceptors (Lipinski definition) is 2. The van der Waals surface area contributed by atoms with E-state index in [2.05, 4.69) is 5.32 Å². The van der Waals surface area contributed by atoms with Crippen LogP contribution in [-0.2, 0) is 11.3 Å². The monoisotopic (exact) mass is 249 g/mol. The number of hydrogen-bond donors (Lipinski definition) is 1. The minimum Gasteiger partial charge on any atom is -0.312 e. The lowest BCUT2D eigenvalue weighted by molar-refractivity contribution is -0.120. The van der Waals surface area contributed by atoms with E-state index in [0.29, 0.717) is 17.3 Å². The molecule has 0 spiro atoms. The van der Waals surface area contributed by atoms with Crippen molar-refractivity contribution in [3.05, 3.63) is 35.1 Å². The van der Waals surface area contributed by atoms with Gasteiger partial charge in [-0.3, -0.25) is 4.79 Å². The highest BCUT2D eigenvalue weighted by Crippen LogP contribution is 2.20. The first kappa shape index (κ1) is 13.2. The number of ketones is 1. The summed E-state index contributed by atoms with van der Waals surface area (Å²) in [5.41, 5.74) is 1.80. The SMILES string of the molecule is Cc1cc(CNCC2CCC(=O)CC2)ccc1F. The van der Waals surface area contributed by atoms with Gasteiger partial charge in [0.2, 0.25) is 0 Å². The van der Waals surface area contributed by atoms with E-state index in [9.17, 15) is 9.18 Å². The van der Waals surface area contributed by atoms with E-state index in [0.717, 1.165) is 44.3 Å². The van der Waals surface area contributed by atoms with E-state index in [4.69, 9.17) is 0 Å². The van der Waals surface area contributed by atoms with Gasteiger partial charge in [0.05, 0.1) is 0 Å². The molecule has 0 heterocycles. The Morgan fingerprint density at radius 1 is 1.33 bits per heavy atom. The third-order valence-electron chi connectivity index (χ3n) is 3.65. The Hall–Kier alpha value is -1.22. The summed E-state index contributed by atoms with van der Waals surface area (Å²) in [6.45, 7) is 3.50. The van der Waals surface area contributed by atoms with Crippen LogP contribution in [-0.4, -0.2) is 12.3 Å². The van der Waals surface area contributed by atoms with Crippen LogP contribution in [0.2, 0.25) is 0 Å². The lowest BCUT2D eigenvalue weighted by Crippen LogP contribution is -2.26. The first-order valence-electron chi connectivity index (χ1n) is 6.62. The summed E-state index contributed by atoms with van der Waals surface area (Å²) in [6, 6.07) is 5.22. The van der Waals surface area contributed by atoms with E-state index >= 15 is 0 Å². The Kier molecular flexibility index (Phi) is 4.48. The standard InChI is InChI=1S/C15H20FNO/c1-11-8-13(4-7-15(11)16)10-17-9-12-2-5-14(18)6-3-12/h4,7-8,12,17H,2-3,5-6,9-10H2,1H3. The third-order valence-corrected chi connectivity index (χ3v) is 3.65. The van der Waals surface area contributed by atoms with Crippen LogP contribution in [0.3, 0.4) is 0 Å². The van der Waals surface area contributed by atoms with E-state index in [-0.39, 0.29) is 5.82 Å². The predicted octanol–water partition coefficient (Wildman–Crippen LogP) is 2.98. The Bertz CT molecular complexity index is 421. The summed E-state index contributed by atoms with van der Waals surface area (Å²) in [7, 11) is 0.